The SMILES string of the molecule is CN(CC(=O)NC1CC1)Cc1ccccc1CC(=O)O. The fourth-order valence-electron chi connectivity index (χ4n) is 2.14. The monoisotopic (exact) mass is 276 g/mol. The minimum absolute atomic E-state index is 0.0122. The predicted molar refractivity (Wildman–Crippen MR) is 75.3 cm³/mol. The smallest absolute Gasteiger partial charge is 0.307 e. The van der Waals surface area contributed by atoms with Crippen molar-refractivity contribution in [3.63, 3.8) is 0 Å². The van der Waals surface area contributed by atoms with E-state index in [0.29, 0.717) is 19.1 Å². The third-order valence-electron chi connectivity index (χ3n) is 3.26. The van der Waals surface area contributed by atoms with Crippen molar-refractivity contribution in [3.05, 3.63) is 35.4 Å². The second-order valence-corrected chi connectivity index (χ2v) is 5.35. The van der Waals surface area contributed by atoms with Crippen molar-refractivity contribution in [2.24, 2.45) is 0 Å². The van der Waals surface area contributed by atoms with Gasteiger partial charge >= 0.3 is 5.97 Å². The molecule has 1 aliphatic rings. The van der Waals surface area contributed by atoms with Crippen LogP contribution in [0.25, 0.3) is 0 Å². The summed E-state index contributed by atoms with van der Waals surface area (Å²) in [6.45, 7) is 0.902. The molecule has 2 N–H and O–H groups in total. The molecule has 108 valence electrons. The maximum absolute atomic E-state index is 11.7. The van der Waals surface area contributed by atoms with Gasteiger partial charge in [-0.05, 0) is 31.0 Å². The Balaban J connectivity index is 1.90. The largest absolute Gasteiger partial charge is 0.481 e. The van der Waals surface area contributed by atoms with Crippen LogP contribution in [0.1, 0.15) is 24.0 Å². The third-order valence-corrected chi connectivity index (χ3v) is 3.26. The van der Waals surface area contributed by atoms with Gasteiger partial charge in [-0.15, -0.1) is 0 Å². The van der Waals surface area contributed by atoms with Gasteiger partial charge in [-0.1, -0.05) is 24.3 Å². The van der Waals surface area contributed by atoms with E-state index in [1.54, 1.807) is 0 Å². The van der Waals surface area contributed by atoms with Gasteiger partial charge < -0.3 is 10.4 Å². The maximum atomic E-state index is 11.7. The zero-order valence-corrected chi connectivity index (χ0v) is 11.6. The molecule has 5 heteroatoms. The maximum Gasteiger partial charge on any atom is 0.307 e. The van der Waals surface area contributed by atoms with Crippen molar-refractivity contribution in [1.29, 1.82) is 0 Å². The second kappa shape index (κ2) is 6.52. The van der Waals surface area contributed by atoms with Crippen LogP contribution < -0.4 is 5.32 Å². The first-order valence-electron chi connectivity index (χ1n) is 6.81. The van der Waals surface area contributed by atoms with Crippen LogP contribution in [0.2, 0.25) is 0 Å². The van der Waals surface area contributed by atoms with Crippen molar-refractivity contribution >= 4 is 11.9 Å². The fourth-order valence-corrected chi connectivity index (χ4v) is 2.14. The summed E-state index contributed by atoms with van der Waals surface area (Å²) in [5.41, 5.74) is 1.76. The molecule has 0 heterocycles. The average molecular weight is 276 g/mol. The summed E-state index contributed by atoms with van der Waals surface area (Å²) in [7, 11) is 1.87. The van der Waals surface area contributed by atoms with Gasteiger partial charge in [-0.25, -0.2) is 0 Å². The molecule has 1 fully saturated rings. The van der Waals surface area contributed by atoms with Crippen LogP contribution in [-0.2, 0) is 22.6 Å². The molecule has 20 heavy (non-hydrogen) atoms. The van der Waals surface area contributed by atoms with E-state index in [1.165, 1.54) is 0 Å². The van der Waals surface area contributed by atoms with E-state index < -0.39 is 5.97 Å². The zero-order valence-electron chi connectivity index (χ0n) is 11.6. The summed E-state index contributed by atoms with van der Waals surface area (Å²) < 4.78 is 0. The molecule has 0 radical (unpaired) electrons. The van der Waals surface area contributed by atoms with Crippen LogP contribution in [0.5, 0.6) is 0 Å². The van der Waals surface area contributed by atoms with E-state index in [9.17, 15) is 9.59 Å². The molecule has 0 atom stereocenters. The van der Waals surface area contributed by atoms with Crippen molar-refractivity contribution in [2.45, 2.75) is 31.8 Å². The Morgan fingerprint density at radius 2 is 1.95 bits per heavy atom. The van der Waals surface area contributed by atoms with Crippen molar-refractivity contribution < 1.29 is 14.7 Å². The average Bonchev–Trinajstić information content (AvgIpc) is 3.14. The summed E-state index contributed by atoms with van der Waals surface area (Å²) in [6.07, 6.45) is 2.17. The molecule has 1 aliphatic carbocycles. The number of amides is 1. The summed E-state index contributed by atoms with van der Waals surface area (Å²) in [4.78, 5) is 24.4. The summed E-state index contributed by atoms with van der Waals surface area (Å²) in [5.74, 6) is -0.808. The first kappa shape index (κ1) is 14.5. The highest BCUT2D eigenvalue weighted by Gasteiger charge is 2.23. The Morgan fingerprint density at radius 1 is 1.30 bits per heavy atom. The van der Waals surface area contributed by atoms with Crippen LogP contribution in [0.15, 0.2) is 24.3 Å². The minimum Gasteiger partial charge on any atom is -0.481 e. The van der Waals surface area contributed by atoms with Crippen molar-refractivity contribution in [2.75, 3.05) is 13.6 Å². The number of hydrogen-bond acceptors (Lipinski definition) is 3. The van der Waals surface area contributed by atoms with Gasteiger partial charge in [0, 0.05) is 12.6 Å². The first-order chi connectivity index (χ1) is 9.54. The number of aliphatic carboxylic acids is 1. The number of carboxylic acid groups (broad SMARTS) is 1. The summed E-state index contributed by atoms with van der Waals surface area (Å²) >= 11 is 0. The molecule has 0 aliphatic heterocycles. The van der Waals surface area contributed by atoms with Gasteiger partial charge in [0.05, 0.1) is 13.0 Å². The molecule has 5 nitrogen and oxygen atoms in total. The van der Waals surface area contributed by atoms with Crippen LogP contribution in [0, 0.1) is 0 Å². The zero-order chi connectivity index (χ0) is 14.5. The van der Waals surface area contributed by atoms with E-state index in [1.807, 2.05) is 36.2 Å². The second-order valence-electron chi connectivity index (χ2n) is 5.35. The molecule has 1 aromatic carbocycles. The predicted octanol–water partition coefficient (Wildman–Crippen LogP) is 1.02. The van der Waals surface area contributed by atoms with E-state index in [2.05, 4.69) is 5.32 Å². The molecule has 0 spiro atoms. The number of nitrogens with one attached hydrogen (secondary N) is 1. The van der Waals surface area contributed by atoms with Gasteiger partial charge in [0.2, 0.25) is 5.91 Å². The van der Waals surface area contributed by atoms with Gasteiger partial charge in [0.25, 0.3) is 0 Å². The van der Waals surface area contributed by atoms with Gasteiger partial charge in [0.15, 0.2) is 0 Å². The number of carbonyl (C=O) groups is 2. The molecular weight excluding hydrogens is 256 g/mol. The van der Waals surface area contributed by atoms with Gasteiger partial charge in [0.1, 0.15) is 0 Å². The van der Waals surface area contributed by atoms with E-state index in [0.717, 1.165) is 24.0 Å². The Bertz CT molecular complexity index is 498. The Kier molecular flexibility index (Phi) is 4.74. The Morgan fingerprint density at radius 3 is 2.55 bits per heavy atom. The fraction of sp³-hybridized carbons (Fsp3) is 0.467. The van der Waals surface area contributed by atoms with Crippen molar-refractivity contribution in [1.82, 2.24) is 10.2 Å². The third kappa shape index (κ3) is 4.66. The number of carbonyl (C=O) groups excluding carboxylic acids is 1. The molecule has 1 aromatic rings. The van der Waals surface area contributed by atoms with Crippen LogP contribution in [-0.4, -0.2) is 41.5 Å². The molecule has 1 saturated carbocycles. The van der Waals surface area contributed by atoms with Gasteiger partial charge in [-0.3, -0.25) is 14.5 Å². The topological polar surface area (TPSA) is 69.6 Å². The molecular formula is C15H20N2O3. The number of nitrogens with zero attached hydrogens (tertiary/aromatic N) is 1. The molecule has 0 saturated heterocycles. The van der Waals surface area contributed by atoms with Crippen molar-refractivity contribution in [3.8, 4) is 0 Å². The van der Waals surface area contributed by atoms with E-state index in [-0.39, 0.29) is 12.3 Å². The lowest BCUT2D eigenvalue weighted by molar-refractivity contribution is -0.136. The standard InChI is InChI=1S/C15H20N2O3/c1-17(10-14(18)16-13-6-7-13)9-12-5-3-2-4-11(12)8-15(19)20/h2-5,13H,6-10H2,1H3,(H,16,18)(H,19,20). The number of hydrogen-bond donors (Lipinski definition) is 2. The van der Waals surface area contributed by atoms with E-state index >= 15 is 0 Å². The molecule has 0 aromatic heterocycles. The molecule has 2 rings (SSSR count). The Labute approximate surface area is 118 Å². The number of likely N-dealkylation sites (N-methyl/N-ethyl adjacent to an activating group) is 1. The van der Waals surface area contributed by atoms with Crippen LogP contribution in [0.3, 0.4) is 0 Å². The molecule has 0 unspecified atom stereocenters. The Hall–Kier alpha value is -1.88. The summed E-state index contributed by atoms with van der Waals surface area (Å²) in [6, 6.07) is 7.82. The van der Waals surface area contributed by atoms with Crippen LogP contribution in [0.4, 0.5) is 0 Å². The number of benzene rings is 1. The summed E-state index contributed by atoms with van der Waals surface area (Å²) in [5, 5.41) is 11.8. The highest BCUT2D eigenvalue weighted by molar-refractivity contribution is 5.78. The lowest BCUT2D eigenvalue weighted by Gasteiger charge is -2.18. The molecule has 0 bridgehead atoms. The highest BCUT2D eigenvalue weighted by Crippen LogP contribution is 2.18. The first-order valence-corrected chi connectivity index (χ1v) is 6.81. The lowest BCUT2D eigenvalue weighted by Crippen LogP contribution is -2.36. The molecule has 1 amide bonds. The van der Waals surface area contributed by atoms with Gasteiger partial charge in [-0.2, -0.15) is 0 Å². The lowest BCUT2D eigenvalue weighted by atomic mass is 10.0. The normalized spacial score (nSPS) is 14.3. The number of carboxylic acids is 1. The van der Waals surface area contributed by atoms with Crippen LogP contribution >= 0.6 is 0 Å². The highest BCUT2D eigenvalue weighted by atomic mass is 16.4. The van der Waals surface area contributed by atoms with E-state index in [4.69, 9.17) is 5.11 Å². The minimum atomic E-state index is -0.841. The quantitative estimate of drug-likeness (QED) is 0.780. The number of rotatable bonds is 7.